The Hall–Kier alpha value is -0.610. The summed E-state index contributed by atoms with van der Waals surface area (Å²) >= 11 is 0. The Morgan fingerprint density at radius 2 is 2.05 bits per heavy atom. The van der Waals surface area contributed by atoms with Gasteiger partial charge in [0.2, 0.25) is 5.91 Å². The summed E-state index contributed by atoms with van der Waals surface area (Å²) in [4.78, 5) is 14.0. The summed E-state index contributed by atoms with van der Waals surface area (Å²) in [5, 5.41) is 6.50. The van der Waals surface area contributed by atoms with Crippen molar-refractivity contribution in [2.24, 2.45) is 0 Å². The lowest BCUT2D eigenvalue weighted by Crippen LogP contribution is -2.38. The molecule has 1 unspecified atom stereocenters. The Labute approximate surface area is 117 Å². The van der Waals surface area contributed by atoms with Gasteiger partial charge in [-0.15, -0.1) is 0 Å². The Morgan fingerprint density at radius 1 is 1.21 bits per heavy atom. The van der Waals surface area contributed by atoms with E-state index in [1.54, 1.807) is 0 Å². The fraction of sp³-hybridized carbons (Fsp3) is 0.933. The Bertz CT molecular complexity index is 279. The van der Waals surface area contributed by atoms with E-state index in [1.807, 2.05) is 0 Å². The Kier molecular flexibility index (Phi) is 6.11. The van der Waals surface area contributed by atoms with Crippen LogP contribution in [0, 0.1) is 0 Å². The molecule has 2 fully saturated rings. The van der Waals surface area contributed by atoms with Gasteiger partial charge in [-0.3, -0.25) is 4.79 Å². The van der Waals surface area contributed by atoms with Crippen molar-refractivity contribution in [1.29, 1.82) is 0 Å². The molecule has 1 aliphatic carbocycles. The van der Waals surface area contributed by atoms with Gasteiger partial charge in [-0.25, -0.2) is 0 Å². The molecule has 0 aromatic heterocycles. The number of piperidine rings is 1. The molecule has 4 nitrogen and oxygen atoms in total. The molecule has 0 aromatic rings. The molecular formula is C15H29N3O. The summed E-state index contributed by atoms with van der Waals surface area (Å²) in [6.45, 7) is 3.31. The second-order valence-electron chi connectivity index (χ2n) is 6.11. The zero-order valence-electron chi connectivity index (χ0n) is 12.3. The number of hydrogen-bond acceptors (Lipinski definition) is 3. The summed E-state index contributed by atoms with van der Waals surface area (Å²) in [6.07, 6.45) is 9.32. The highest BCUT2D eigenvalue weighted by Crippen LogP contribution is 2.18. The van der Waals surface area contributed by atoms with E-state index in [2.05, 4.69) is 22.6 Å². The van der Waals surface area contributed by atoms with Gasteiger partial charge in [0.05, 0.1) is 0 Å². The van der Waals surface area contributed by atoms with Crippen LogP contribution >= 0.6 is 0 Å². The van der Waals surface area contributed by atoms with E-state index in [0.717, 1.165) is 25.6 Å². The third-order valence-electron chi connectivity index (χ3n) is 4.28. The van der Waals surface area contributed by atoms with Gasteiger partial charge in [0.1, 0.15) is 0 Å². The third kappa shape index (κ3) is 5.91. The molecule has 2 aliphatic rings. The smallest absolute Gasteiger partial charge is 0.220 e. The summed E-state index contributed by atoms with van der Waals surface area (Å²) in [7, 11) is 2.24. The van der Waals surface area contributed by atoms with Crippen molar-refractivity contribution in [1.82, 2.24) is 15.5 Å². The summed E-state index contributed by atoms with van der Waals surface area (Å²) in [5.74, 6) is 0.233. The maximum atomic E-state index is 11.5. The van der Waals surface area contributed by atoms with E-state index in [9.17, 15) is 4.79 Å². The second-order valence-corrected chi connectivity index (χ2v) is 6.11. The summed E-state index contributed by atoms with van der Waals surface area (Å²) in [6, 6.07) is 1.27. The SMILES string of the molecule is CN1CCCCC1CCNCCCC(=O)NC1CC1. The summed E-state index contributed by atoms with van der Waals surface area (Å²) < 4.78 is 0. The van der Waals surface area contributed by atoms with Crippen molar-refractivity contribution in [3.63, 3.8) is 0 Å². The number of rotatable bonds is 8. The lowest BCUT2D eigenvalue weighted by molar-refractivity contribution is -0.121. The van der Waals surface area contributed by atoms with Gasteiger partial charge in [-0.2, -0.15) is 0 Å². The van der Waals surface area contributed by atoms with Gasteiger partial charge < -0.3 is 15.5 Å². The van der Waals surface area contributed by atoms with Gasteiger partial charge >= 0.3 is 0 Å². The van der Waals surface area contributed by atoms with Crippen molar-refractivity contribution < 1.29 is 4.79 Å². The van der Waals surface area contributed by atoms with E-state index >= 15 is 0 Å². The lowest BCUT2D eigenvalue weighted by Gasteiger charge is -2.32. The van der Waals surface area contributed by atoms with Crippen molar-refractivity contribution in [3.8, 4) is 0 Å². The summed E-state index contributed by atoms with van der Waals surface area (Å²) in [5.41, 5.74) is 0. The minimum absolute atomic E-state index is 0.233. The highest BCUT2D eigenvalue weighted by molar-refractivity contribution is 5.76. The van der Waals surface area contributed by atoms with Gasteiger partial charge in [0.15, 0.2) is 0 Å². The average molecular weight is 267 g/mol. The standard InChI is InChI=1S/C15H29N3O/c1-18-12-3-2-5-14(18)9-11-16-10-4-6-15(19)17-13-7-8-13/h13-14,16H,2-12H2,1H3,(H,17,19). The average Bonchev–Trinajstić information content (AvgIpc) is 3.19. The number of likely N-dealkylation sites (tertiary alicyclic amines) is 1. The molecule has 2 N–H and O–H groups in total. The lowest BCUT2D eigenvalue weighted by atomic mass is 10.0. The topological polar surface area (TPSA) is 44.4 Å². The molecule has 0 spiro atoms. The van der Waals surface area contributed by atoms with Crippen LogP contribution in [0.15, 0.2) is 0 Å². The maximum absolute atomic E-state index is 11.5. The van der Waals surface area contributed by atoms with Crippen molar-refractivity contribution in [2.45, 2.75) is 63.5 Å². The number of amides is 1. The zero-order chi connectivity index (χ0) is 13.5. The van der Waals surface area contributed by atoms with E-state index < -0.39 is 0 Å². The quantitative estimate of drug-likeness (QED) is 0.655. The first-order valence-electron chi connectivity index (χ1n) is 7.96. The van der Waals surface area contributed by atoms with Gasteiger partial charge in [0.25, 0.3) is 0 Å². The molecule has 1 saturated carbocycles. The van der Waals surface area contributed by atoms with Crippen LogP contribution in [0.25, 0.3) is 0 Å². The molecule has 110 valence electrons. The first-order chi connectivity index (χ1) is 9.25. The fourth-order valence-electron chi connectivity index (χ4n) is 2.80. The molecule has 1 amide bonds. The Morgan fingerprint density at radius 3 is 2.79 bits per heavy atom. The molecule has 0 bridgehead atoms. The predicted molar refractivity (Wildman–Crippen MR) is 78.2 cm³/mol. The van der Waals surface area contributed by atoms with Crippen LogP contribution in [-0.2, 0) is 4.79 Å². The molecule has 2 rings (SSSR count). The van der Waals surface area contributed by atoms with Gasteiger partial charge in [-0.05, 0) is 65.2 Å². The van der Waals surface area contributed by atoms with Crippen LogP contribution < -0.4 is 10.6 Å². The predicted octanol–water partition coefficient (Wildman–Crippen LogP) is 1.51. The highest BCUT2D eigenvalue weighted by atomic mass is 16.1. The zero-order valence-corrected chi connectivity index (χ0v) is 12.3. The largest absolute Gasteiger partial charge is 0.353 e. The van der Waals surface area contributed by atoms with E-state index in [0.29, 0.717) is 12.5 Å². The number of nitrogens with zero attached hydrogens (tertiary/aromatic N) is 1. The van der Waals surface area contributed by atoms with Crippen molar-refractivity contribution in [2.75, 3.05) is 26.7 Å². The monoisotopic (exact) mass is 267 g/mol. The number of nitrogens with one attached hydrogen (secondary N) is 2. The van der Waals surface area contributed by atoms with Crippen molar-refractivity contribution >= 4 is 5.91 Å². The first kappa shape index (κ1) is 14.8. The normalized spacial score (nSPS) is 24.4. The first-order valence-corrected chi connectivity index (χ1v) is 7.96. The molecule has 0 aromatic carbocycles. The molecular weight excluding hydrogens is 238 g/mol. The van der Waals surface area contributed by atoms with Gasteiger partial charge in [-0.1, -0.05) is 6.42 Å². The highest BCUT2D eigenvalue weighted by Gasteiger charge is 2.22. The number of hydrogen-bond donors (Lipinski definition) is 2. The van der Waals surface area contributed by atoms with Crippen LogP contribution in [0.2, 0.25) is 0 Å². The number of carbonyl (C=O) groups excluding carboxylic acids is 1. The van der Waals surface area contributed by atoms with Crippen molar-refractivity contribution in [3.05, 3.63) is 0 Å². The number of carbonyl (C=O) groups is 1. The maximum Gasteiger partial charge on any atom is 0.220 e. The minimum atomic E-state index is 0.233. The van der Waals surface area contributed by atoms with Crippen LogP contribution in [-0.4, -0.2) is 49.6 Å². The van der Waals surface area contributed by atoms with Gasteiger partial charge in [0, 0.05) is 18.5 Å². The van der Waals surface area contributed by atoms with E-state index in [1.165, 1.54) is 45.1 Å². The van der Waals surface area contributed by atoms with Crippen LogP contribution in [0.4, 0.5) is 0 Å². The molecule has 1 atom stereocenters. The molecule has 19 heavy (non-hydrogen) atoms. The van der Waals surface area contributed by atoms with Crippen LogP contribution in [0.5, 0.6) is 0 Å². The fourth-order valence-corrected chi connectivity index (χ4v) is 2.80. The van der Waals surface area contributed by atoms with Crippen LogP contribution in [0.3, 0.4) is 0 Å². The second kappa shape index (κ2) is 7.85. The molecule has 0 radical (unpaired) electrons. The minimum Gasteiger partial charge on any atom is -0.353 e. The molecule has 1 aliphatic heterocycles. The Balaban J connectivity index is 1.42. The third-order valence-corrected chi connectivity index (χ3v) is 4.28. The molecule has 4 heteroatoms. The molecule has 1 heterocycles. The van der Waals surface area contributed by atoms with E-state index in [4.69, 9.17) is 0 Å². The van der Waals surface area contributed by atoms with E-state index in [-0.39, 0.29) is 5.91 Å². The van der Waals surface area contributed by atoms with Crippen LogP contribution in [0.1, 0.15) is 51.4 Å². The molecule has 1 saturated heterocycles.